The molecule has 1 aromatic rings. The molecule has 0 bridgehead atoms. The summed E-state index contributed by atoms with van der Waals surface area (Å²) in [6.45, 7) is 2.89. The molecule has 3 rings (SSSR count). The number of carbonyl (C=O) groups is 1. The zero-order valence-corrected chi connectivity index (χ0v) is 15.0. The van der Waals surface area contributed by atoms with Gasteiger partial charge in [-0.15, -0.1) is 11.6 Å². The Hall–Kier alpha value is -1.41. The molecule has 4 nitrogen and oxygen atoms in total. The van der Waals surface area contributed by atoms with Crippen LogP contribution in [-0.2, 0) is 0 Å². The van der Waals surface area contributed by atoms with Crippen LogP contribution in [0.1, 0.15) is 18.4 Å². The van der Waals surface area contributed by atoms with E-state index < -0.39 is 0 Å². The van der Waals surface area contributed by atoms with E-state index in [9.17, 15) is 4.79 Å². The maximum Gasteiger partial charge on any atom is 0.317 e. The summed E-state index contributed by atoms with van der Waals surface area (Å²) in [4.78, 5) is 16.4. The predicted molar refractivity (Wildman–Crippen MR) is 97.5 cm³/mol. The summed E-state index contributed by atoms with van der Waals surface area (Å²) in [5.41, 5.74) is 0.949. The monoisotopic (exact) mass is 365 g/mol. The van der Waals surface area contributed by atoms with Gasteiger partial charge in [0.25, 0.3) is 0 Å². The molecule has 128 valence electrons. The van der Waals surface area contributed by atoms with E-state index in [1.54, 1.807) is 0 Å². The normalized spacial score (nSPS) is 23.3. The maximum atomic E-state index is 12.1. The molecule has 2 atom stereocenters. The predicted octanol–water partition coefficient (Wildman–Crippen LogP) is 2.79. The number of rotatable bonds is 2. The van der Waals surface area contributed by atoms with Gasteiger partial charge in [0.15, 0.2) is 0 Å². The van der Waals surface area contributed by atoms with Crippen LogP contribution in [0.2, 0.25) is 5.02 Å². The van der Waals surface area contributed by atoms with Crippen LogP contribution < -0.4 is 5.32 Å². The number of benzene rings is 1. The fraction of sp³-hybridized carbons (Fsp3) is 0.500. The molecule has 1 N–H and O–H groups in total. The second-order valence-corrected chi connectivity index (χ2v) is 6.95. The molecule has 2 fully saturated rings. The van der Waals surface area contributed by atoms with Crippen molar-refractivity contribution in [3.63, 3.8) is 0 Å². The number of amides is 2. The summed E-state index contributed by atoms with van der Waals surface area (Å²) in [7, 11) is 0. The van der Waals surface area contributed by atoms with E-state index in [0.717, 1.165) is 38.0 Å². The lowest BCUT2D eigenvalue weighted by Crippen LogP contribution is -2.56. The Kier molecular flexibility index (Phi) is 5.89. The average Bonchev–Trinajstić information content (AvgIpc) is 3.00. The number of nitrogens with zero attached hydrogens (tertiary/aromatic N) is 2. The highest BCUT2D eigenvalue weighted by atomic mass is 35.5. The molecule has 2 unspecified atom stereocenters. The van der Waals surface area contributed by atoms with Crippen molar-refractivity contribution in [3.05, 3.63) is 34.9 Å². The average molecular weight is 366 g/mol. The van der Waals surface area contributed by atoms with Crippen LogP contribution in [0.3, 0.4) is 0 Å². The van der Waals surface area contributed by atoms with Crippen LogP contribution in [0.4, 0.5) is 4.79 Å². The van der Waals surface area contributed by atoms with Crippen molar-refractivity contribution >= 4 is 29.2 Å². The molecule has 0 radical (unpaired) electrons. The van der Waals surface area contributed by atoms with Gasteiger partial charge >= 0.3 is 6.03 Å². The van der Waals surface area contributed by atoms with Gasteiger partial charge in [0, 0.05) is 48.7 Å². The van der Waals surface area contributed by atoms with Crippen LogP contribution >= 0.6 is 23.2 Å². The molecule has 2 aliphatic heterocycles. The van der Waals surface area contributed by atoms with E-state index in [1.807, 2.05) is 29.2 Å². The first-order valence-electron chi connectivity index (χ1n) is 8.29. The minimum atomic E-state index is -0.0104. The van der Waals surface area contributed by atoms with Gasteiger partial charge in [-0.05, 0) is 31.0 Å². The largest absolute Gasteiger partial charge is 0.337 e. The highest BCUT2D eigenvalue weighted by Gasteiger charge is 2.37. The Balaban J connectivity index is 1.59. The lowest BCUT2D eigenvalue weighted by atomic mass is 10.1. The molecular weight excluding hydrogens is 345 g/mol. The maximum absolute atomic E-state index is 12.1. The Labute approximate surface area is 153 Å². The van der Waals surface area contributed by atoms with Crippen molar-refractivity contribution in [1.82, 2.24) is 15.1 Å². The van der Waals surface area contributed by atoms with E-state index in [-0.39, 0.29) is 12.1 Å². The minimum Gasteiger partial charge on any atom is -0.337 e. The second-order valence-electron chi connectivity index (χ2n) is 6.13. The van der Waals surface area contributed by atoms with Crippen molar-refractivity contribution < 1.29 is 4.79 Å². The molecule has 1 aromatic carbocycles. The lowest BCUT2D eigenvalue weighted by molar-refractivity contribution is 0.106. The first-order valence-corrected chi connectivity index (χ1v) is 9.20. The molecule has 6 heteroatoms. The fourth-order valence-electron chi connectivity index (χ4n) is 3.39. The summed E-state index contributed by atoms with van der Waals surface area (Å²) in [6, 6.07) is 8.30. The summed E-state index contributed by atoms with van der Waals surface area (Å²) in [5.74, 6) is 7.06. The van der Waals surface area contributed by atoms with Crippen LogP contribution in [0.25, 0.3) is 0 Å². The van der Waals surface area contributed by atoms with Crippen molar-refractivity contribution in [2.45, 2.75) is 24.9 Å². The molecular formula is C18H21Cl2N3O. The lowest BCUT2D eigenvalue weighted by Gasteiger charge is -2.38. The Bertz CT molecular complexity index is 655. The first kappa shape index (κ1) is 17.4. The number of hydrogen-bond donors (Lipinski definition) is 1. The van der Waals surface area contributed by atoms with Gasteiger partial charge in [0.2, 0.25) is 0 Å². The number of alkyl halides is 1. The van der Waals surface area contributed by atoms with Gasteiger partial charge < -0.3 is 10.2 Å². The fourth-order valence-corrected chi connectivity index (χ4v) is 3.68. The minimum absolute atomic E-state index is 0.0104. The van der Waals surface area contributed by atoms with E-state index in [1.165, 1.54) is 0 Å². The Morgan fingerprint density at radius 2 is 2.21 bits per heavy atom. The molecule has 2 saturated heterocycles. The zero-order valence-electron chi connectivity index (χ0n) is 13.5. The van der Waals surface area contributed by atoms with Gasteiger partial charge in [-0.25, -0.2) is 4.79 Å². The third-order valence-corrected chi connectivity index (χ3v) is 4.99. The Morgan fingerprint density at radius 3 is 3.00 bits per heavy atom. The third-order valence-electron chi connectivity index (χ3n) is 4.57. The summed E-state index contributed by atoms with van der Waals surface area (Å²) >= 11 is 11.6. The highest BCUT2D eigenvalue weighted by Crippen LogP contribution is 2.27. The van der Waals surface area contributed by atoms with E-state index in [2.05, 4.69) is 22.1 Å². The van der Waals surface area contributed by atoms with E-state index >= 15 is 0 Å². The van der Waals surface area contributed by atoms with Crippen LogP contribution in [0, 0.1) is 11.8 Å². The van der Waals surface area contributed by atoms with Gasteiger partial charge in [-0.1, -0.05) is 29.5 Å². The van der Waals surface area contributed by atoms with Crippen molar-refractivity contribution in [2.24, 2.45) is 0 Å². The molecule has 0 aromatic heterocycles. The molecule has 0 spiro atoms. The Morgan fingerprint density at radius 1 is 1.33 bits per heavy atom. The second kappa shape index (κ2) is 8.11. The van der Waals surface area contributed by atoms with Gasteiger partial charge in [-0.2, -0.15) is 0 Å². The van der Waals surface area contributed by atoms with Crippen LogP contribution in [-0.4, -0.2) is 60.0 Å². The van der Waals surface area contributed by atoms with Gasteiger partial charge in [0.1, 0.15) is 0 Å². The number of piperazine rings is 1. The van der Waals surface area contributed by atoms with Crippen LogP contribution in [0.5, 0.6) is 0 Å². The molecule has 0 aliphatic carbocycles. The molecule has 2 amide bonds. The smallest absolute Gasteiger partial charge is 0.317 e. The van der Waals surface area contributed by atoms with Crippen LogP contribution in [0.15, 0.2) is 24.3 Å². The van der Waals surface area contributed by atoms with E-state index in [4.69, 9.17) is 23.2 Å². The number of fused-ring (bicyclic) bond motifs is 1. The summed E-state index contributed by atoms with van der Waals surface area (Å²) in [5, 5.41) is 3.55. The number of hydrogen-bond acceptors (Lipinski definition) is 2. The first-order chi connectivity index (χ1) is 11.7. The molecule has 2 aliphatic rings. The van der Waals surface area contributed by atoms with Crippen molar-refractivity contribution in [2.75, 3.05) is 32.1 Å². The standard InChI is InChI=1S/C18H21Cl2N3O/c19-8-9-21-18(24)22-10-11-23-16(6-7-17(23)13-22)5-4-14-2-1-3-15(20)12-14/h1-3,12,16-17H,6-11,13H2,(H,21,24). The highest BCUT2D eigenvalue weighted by molar-refractivity contribution is 6.30. The zero-order chi connectivity index (χ0) is 16.9. The van der Waals surface area contributed by atoms with E-state index in [0.29, 0.717) is 23.5 Å². The summed E-state index contributed by atoms with van der Waals surface area (Å²) < 4.78 is 0. The molecule has 0 saturated carbocycles. The molecule has 2 heterocycles. The number of halogens is 2. The van der Waals surface area contributed by atoms with Crippen molar-refractivity contribution in [3.8, 4) is 11.8 Å². The quantitative estimate of drug-likeness (QED) is 0.646. The van der Waals surface area contributed by atoms with Crippen molar-refractivity contribution in [1.29, 1.82) is 0 Å². The molecule has 24 heavy (non-hydrogen) atoms. The number of urea groups is 1. The SMILES string of the molecule is O=C(NCCCl)N1CCN2C(C#Cc3cccc(Cl)c3)CCC2C1. The van der Waals surface area contributed by atoms with Gasteiger partial charge in [-0.3, -0.25) is 4.90 Å². The van der Waals surface area contributed by atoms with Gasteiger partial charge in [0.05, 0.1) is 6.04 Å². The third kappa shape index (κ3) is 4.16. The summed E-state index contributed by atoms with van der Waals surface area (Å²) in [6.07, 6.45) is 2.13. The number of nitrogens with one attached hydrogen (secondary N) is 1. The topological polar surface area (TPSA) is 35.6 Å². The number of carbonyl (C=O) groups excluding carboxylic acids is 1.